The highest BCUT2D eigenvalue weighted by Crippen LogP contribution is 2.29. The Labute approximate surface area is 271 Å². The number of hydrogen-bond acceptors (Lipinski definition) is 6. The largest absolute Gasteiger partial charge is 0.457 e. The zero-order valence-electron chi connectivity index (χ0n) is 23.3. The number of ether oxygens (including phenoxy) is 1. The summed E-state index contributed by atoms with van der Waals surface area (Å²) < 4.78 is 62.3. The summed E-state index contributed by atoms with van der Waals surface area (Å²) in [4.78, 5) is 13.1. The van der Waals surface area contributed by atoms with Gasteiger partial charge in [-0.3, -0.25) is 13.8 Å². The predicted molar refractivity (Wildman–Crippen MR) is 176 cm³/mol. The first kappa shape index (κ1) is 31.9. The number of hydrogen-bond donors (Lipinski definition) is 2. The maximum Gasteiger partial charge on any atom is 0.264 e. The topological polar surface area (TPSA) is 122 Å². The Morgan fingerprint density at radius 1 is 0.644 bits per heavy atom. The molecule has 9 nitrogen and oxygen atoms in total. The molecule has 0 radical (unpaired) electrons. The van der Waals surface area contributed by atoms with E-state index in [1.165, 1.54) is 54.6 Å². The standard InChI is InChI=1S/C32H25Cl2N3O6S2/c33-23-19-24(34)21-26(20-23)36-44(39,40)30-17-11-25(12-18-30)35-32(38)22-37(45(41,42)31-9-5-2-6-10-31)27-13-15-29(16-14-27)43-28-7-3-1-4-8-28/h1-21,36H,22H2,(H,35,38). The van der Waals surface area contributed by atoms with E-state index in [0.29, 0.717) is 11.5 Å². The maximum atomic E-state index is 13.7. The number of carbonyl (C=O) groups excluding carboxylic acids is 1. The van der Waals surface area contributed by atoms with Crippen molar-refractivity contribution in [3.05, 3.63) is 137 Å². The Bertz CT molecular complexity index is 1990. The SMILES string of the molecule is O=C(CN(c1ccc(Oc2ccccc2)cc1)S(=O)(=O)c1ccccc1)Nc1ccc(S(=O)(=O)Nc2cc(Cl)cc(Cl)c2)cc1. The van der Waals surface area contributed by atoms with Crippen LogP contribution in [0.4, 0.5) is 17.1 Å². The first-order chi connectivity index (χ1) is 21.5. The van der Waals surface area contributed by atoms with Gasteiger partial charge in [0.15, 0.2) is 0 Å². The molecule has 0 atom stereocenters. The molecule has 0 spiro atoms. The predicted octanol–water partition coefficient (Wildman–Crippen LogP) is 7.42. The van der Waals surface area contributed by atoms with E-state index in [0.717, 1.165) is 4.31 Å². The molecule has 0 fully saturated rings. The average Bonchev–Trinajstić information content (AvgIpc) is 3.01. The van der Waals surface area contributed by atoms with Crippen LogP contribution in [0, 0.1) is 0 Å². The molecule has 5 rings (SSSR count). The summed E-state index contributed by atoms with van der Waals surface area (Å²) in [5.74, 6) is 0.442. The smallest absolute Gasteiger partial charge is 0.264 e. The third-order valence-corrected chi connectivity index (χ3v) is 9.91. The summed E-state index contributed by atoms with van der Waals surface area (Å²) in [5.41, 5.74) is 0.681. The van der Waals surface area contributed by atoms with Gasteiger partial charge >= 0.3 is 0 Å². The van der Waals surface area contributed by atoms with Crippen molar-refractivity contribution < 1.29 is 26.4 Å². The second-order valence-corrected chi connectivity index (χ2v) is 14.0. The molecule has 1 amide bonds. The lowest BCUT2D eigenvalue weighted by molar-refractivity contribution is -0.114. The maximum absolute atomic E-state index is 13.7. The fourth-order valence-electron chi connectivity index (χ4n) is 4.22. The third kappa shape index (κ3) is 8.14. The first-order valence-electron chi connectivity index (χ1n) is 13.3. The van der Waals surface area contributed by atoms with E-state index in [1.807, 2.05) is 18.2 Å². The van der Waals surface area contributed by atoms with Crippen LogP contribution >= 0.6 is 23.2 Å². The van der Waals surface area contributed by atoms with Gasteiger partial charge in [-0.25, -0.2) is 16.8 Å². The van der Waals surface area contributed by atoms with Crippen LogP contribution in [0.2, 0.25) is 10.0 Å². The lowest BCUT2D eigenvalue weighted by Crippen LogP contribution is -2.38. The van der Waals surface area contributed by atoms with E-state index in [2.05, 4.69) is 10.0 Å². The van der Waals surface area contributed by atoms with Crippen LogP contribution in [0.5, 0.6) is 11.5 Å². The Hall–Kier alpha value is -4.55. The summed E-state index contributed by atoms with van der Waals surface area (Å²) in [6, 6.07) is 32.9. The second kappa shape index (κ2) is 13.6. The van der Waals surface area contributed by atoms with Crippen molar-refractivity contribution in [1.29, 1.82) is 0 Å². The number of anilines is 3. The highest BCUT2D eigenvalue weighted by Gasteiger charge is 2.27. The molecule has 0 aliphatic heterocycles. The minimum Gasteiger partial charge on any atom is -0.457 e. The Balaban J connectivity index is 1.33. The van der Waals surface area contributed by atoms with Crippen LogP contribution in [-0.2, 0) is 24.8 Å². The normalized spacial score (nSPS) is 11.4. The third-order valence-electron chi connectivity index (χ3n) is 6.29. The monoisotopic (exact) mass is 681 g/mol. The molecule has 2 N–H and O–H groups in total. The van der Waals surface area contributed by atoms with Crippen molar-refractivity contribution in [1.82, 2.24) is 0 Å². The molecule has 45 heavy (non-hydrogen) atoms. The average molecular weight is 683 g/mol. The molecule has 0 aliphatic carbocycles. The molecule has 0 bridgehead atoms. The summed E-state index contributed by atoms with van der Waals surface area (Å²) in [5, 5.41) is 3.16. The van der Waals surface area contributed by atoms with Gasteiger partial charge < -0.3 is 10.1 Å². The van der Waals surface area contributed by atoms with Gasteiger partial charge in [0, 0.05) is 15.7 Å². The molecule has 0 unspecified atom stereocenters. The summed E-state index contributed by atoms with van der Waals surface area (Å²) >= 11 is 11.9. The van der Waals surface area contributed by atoms with Crippen molar-refractivity contribution in [2.24, 2.45) is 0 Å². The highest BCUT2D eigenvalue weighted by molar-refractivity contribution is 7.93. The minimum absolute atomic E-state index is 0.00506. The van der Waals surface area contributed by atoms with E-state index in [-0.39, 0.29) is 36.9 Å². The van der Waals surface area contributed by atoms with Crippen LogP contribution in [0.3, 0.4) is 0 Å². The fourth-order valence-corrected chi connectivity index (χ4v) is 7.22. The molecule has 0 saturated heterocycles. The van der Waals surface area contributed by atoms with Crippen LogP contribution in [0.1, 0.15) is 0 Å². The molecule has 0 aromatic heterocycles. The molecular weight excluding hydrogens is 657 g/mol. The fraction of sp³-hybridized carbons (Fsp3) is 0.0312. The number of para-hydroxylation sites is 1. The number of amides is 1. The van der Waals surface area contributed by atoms with Gasteiger partial charge in [-0.15, -0.1) is 0 Å². The van der Waals surface area contributed by atoms with E-state index in [1.54, 1.807) is 54.6 Å². The van der Waals surface area contributed by atoms with E-state index in [4.69, 9.17) is 27.9 Å². The van der Waals surface area contributed by atoms with Crippen molar-refractivity contribution in [3.63, 3.8) is 0 Å². The van der Waals surface area contributed by atoms with Crippen molar-refractivity contribution >= 4 is 66.2 Å². The lowest BCUT2D eigenvalue weighted by Gasteiger charge is -2.24. The number of nitrogens with one attached hydrogen (secondary N) is 2. The molecule has 0 saturated carbocycles. The summed E-state index contributed by atoms with van der Waals surface area (Å²) in [6.07, 6.45) is 0. The molecule has 5 aromatic carbocycles. The number of halogens is 2. The number of sulfonamides is 2. The molecule has 230 valence electrons. The van der Waals surface area contributed by atoms with E-state index >= 15 is 0 Å². The molecule has 0 heterocycles. The summed E-state index contributed by atoms with van der Waals surface area (Å²) in [7, 11) is -8.15. The Kier molecular flexibility index (Phi) is 9.64. The quantitative estimate of drug-likeness (QED) is 0.150. The van der Waals surface area contributed by atoms with Crippen molar-refractivity contribution in [2.75, 3.05) is 20.9 Å². The Morgan fingerprint density at radius 2 is 1.20 bits per heavy atom. The van der Waals surface area contributed by atoms with Gasteiger partial charge in [0.2, 0.25) is 5.91 Å². The van der Waals surface area contributed by atoms with E-state index in [9.17, 15) is 21.6 Å². The molecule has 5 aromatic rings. The molecule has 13 heteroatoms. The zero-order chi connectivity index (χ0) is 32.0. The lowest BCUT2D eigenvalue weighted by atomic mass is 10.3. The van der Waals surface area contributed by atoms with Gasteiger partial charge in [0.25, 0.3) is 20.0 Å². The van der Waals surface area contributed by atoms with Crippen molar-refractivity contribution in [3.8, 4) is 11.5 Å². The zero-order valence-corrected chi connectivity index (χ0v) is 26.4. The highest BCUT2D eigenvalue weighted by atomic mass is 35.5. The van der Waals surface area contributed by atoms with Crippen LogP contribution in [0.15, 0.2) is 137 Å². The van der Waals surface area contributed by atoms with Gasteiger partial charge in [0.05, 0.1) is 21.2 Å². The van der Waals surface area contributed by atoms with Gasteiger partial charge in [-0.05, 0) is 91.0 Å². The minimum atomic E-state index is -4.15. The van der Waals surface area contributed by atoms with Gasteiger partial charge in [-0.1, -0.05) is 59.6 Å². The van der Waals surface area contributed by atoms with Crippen LogP contribution in [-0.4, -0.2) is 29.3 Å². The Morgan fingerprint density at radius 3 is 1.80 bits per heavy atom. The van der Waals surface area contributed by atoms with Crippen LogP contribution < -0.4 is 19.1 Å². The van der Waals surface area contributed by atoms with Crippen LogP contribution in [0.25, 0.3) is 0 Å². The number of rotatable bonds is 11. The van der Waals surface area contributed by atoms with Gasteiger partial charge in [0.1, 0.15) is 18.0 Å². The van der Waals surface area contributed by atoms with Gasteiger partial charge in [-0.2, -0.15) is 0 Å². The van der Waals surface area contributed by atoms with E-state index < -0.39 is 32.5 Å². The van der Waals surface area contributed by atoms with Crippen molar-refractivity contribution in [2.45, 2.75) is 9.79 Å². The second-order valence-electron chi connectivity index (χ2n) is 9.57. The molecular formula is C32H25Cl2N3O6S2. The number of nitrogens with zero attached hydrogens (tertiary/aromatic N) is 1. The number of carbonyl (C=O) groups is 1. The number of benzene rings is 5. The first-order valence-corrected chi connectivity index (χ1v) is 17.0. The molecule has 0 aliphatic rings. The summed E-state index contributed by atoms with van der Waals surface area (Å²) in [6.45, 7) is -0.562.